The number of hydrogen-bond acceptors (Lipinski definition) is 5. The van der Waals surface area contributed by atoms with Crippen LogP contribution in [0.4, 0.5) is 0 Å². The molecule has 6 heteroatoms. The molecule has 0 aliphatic rings. The van der Waals surface area contributed by atoms with Crippen molar-refractivity contribution in [1.29, 1.82) is 0 Å². The summed E-state index contributed by atoms with van der Waals surface area (Å²) in [4.78, 5) is 0. The topological polar surface area (TPSA) is 54.0 Å². The first-order chi connectivity index (χ1) is 9.13. The molecule has 19 heavy (non-hydrogen) atoms. The second-order valence-electron chi connectivity index (χ2n) is 3.71. The lowest BCUT2D eigenvalue weighted by molar-refractivity contribution is 0.0511. The van der Waals surface area contributed by atoms with Crippen molar-refractivity contribution in [2.45, 2.75) is 13.1 Å². The number of hydrogen-bond donors (Lipinski definition) is 0. The SMILES string of the molecule is [CH2+]COP(=O)(Cc1ccc(OCOC)cc1)OCC. The summed E-state index contributed by atoms with van der Waals surface area (Å²) in [6.07, 6.45) is 0.223. The van der Waals surface area contributed by atoms with Gasteiger partial charge in [0, 0.05) is 7.11 Å². The lowest BCUT2D eigenvalue weighted by Crippen LogP contribution is -2.00. The Balaban J connectivity index is 2.66. The van der Waals surface area contributed by atoms with Crippen LogP contribution in [0.2, 0.25) is 0 Å². The molecular weight excluding hydrogens is 267 g/mol. The van der Waals surface area contributed by atoms with E-state index < -0.39 is 7.60 Å². The molecule has 0 radical (unpaired) electrons. The molecule has 0 saturated carbocycles. The lowest BCUT2D eigenvalue weighted by Gasteiger charge is -2.15. The summed E-state index contributed by atoms with van der Waals surface area (Å²) in [6, 6.07) is 7.22. The molecule has 0 saturated heterocycles. The number of ether oxygens (including phenoxy) is 2. The van der Waals surface area contributed by atoms with E-state index in [4.69, 9.17) is 18.5 Å². The van der Waals surface area contributed by atoms with Crippen molar-refractivity contribution in [1.82, 2.24) is 0 Å². The van der Waals surface area contributed by atoms with Gasteiger partial charge in [-0.05, 0) is 24.6 Å². The molecule has 1 aromatic carbocycles. The van der Waals surface area contributed by atoms with Gasteiger partial charge in [0.15, 0.2) is 13.4 Å². The molecule has 0 fully saturated rings. The van der Waals surface area contributed by atoms with E-state index in [1.165, 1.54) is 0 Å². The highest BCUT2D eigenvalue weighted by atomic mass is 31.2. The highest BCUT2D eigenvalue weighted by Gasteiger charge is 2.25. The summed E-state index contributed by atoms with van der Waals surface area (Å²) in [5, 5.41) is 0. The van der Waals surface area contributed by atoms with Crippen LogP contribution in [0.1, 0.15) is 12.5 Å². The van der Waals surface area contributed by atoms with Crippen molar-refractivity contribution in [2.75, 3.05) is 27.1 Å². The summed E-state index contributed by atoms with van der Waals surface area (Å²) in [5.41, 5.74) is 0.856. The first-order valence-corrected chi connectivity index (χ1v) is 7.74. The highest BCUT2D eigenvalue weighted by molar-refractivity contribution is 7.53. The van der Waals surface area contributed by atoms with Crippen molar-refractivity contribution in [3.05, 3.63) is 36.8 Å². The molecule has 1 aromatic rings. The maximum Gasteiger partial charge on any atom is 0.338 e. The molecule has 0 spiro atoms. The number of rotatable bonds is 9. The minimum Gasteiger partial charge on any atom is -0.468 e. The molecule has 1 atom stereocenters. The van der Waals surface area contributed by atoms with E-state index in [1.807, 2.05) is 12.1 Å². The Morgan fingerprint density at radius 2 is 1.89 bits per heavy atom. The van der Waals surface area contributed by atoms with Gasteiger partial charge in [-0.2, -0.15) is 0 Å². The zero-order valence-corrected chi connectivity index (χ0v) is 12.2. The van der Waals surface area contributed by atoms with Crippen molar-refractivity contribution < 1.29 is 23.1 Å². The van der Waals surface area contributed by atoms with Gasteiger partial charge in [0.05, 0.1) is 19.7 Å². The summed E-state index contributed by atoms with van der Waals surface area (Å²) >= 11 is 0. The van der Waals surface area contributed by atoms with Crippen LogP contribution in [0.3, 0.4) is 0 Å². The van der Waals surface area contributed by atoms with Crippen molar-refractivity contribution in [2.24, 2.45) is 0 Å². The van der Waals surface area contributed by atoms with Gasteiger partial charge in [0.1, 0.15) is 5.75 Å². The summed E-state index contributed by atoms with van der Waals surface area (Å²) in [5.74, 6) is 0.690. The van der Waals surface area contributed by atoms with E-state index in [9.17, 15) is 4.57 Å². The van der Waals surface area contributed by atoms with Crippen LogP contribution in [0.15, 0.2) is 24.3 Å². The van der Waals surface area contributed by atoms with E-state index in [-0.39, 0.29) is 19.6 Å². The third-order valence-electron chi connectivity index (χ3n) is 2.26. The number of methoxy groups -OCH3 is 1. The Hall–Kier alpha value is -1.00. The molecule has 5 nitrogen and oxygen atoms in total. The second-order valence-corrected chi connectivity index (χ2v) is 5.77. The Labute approximate surface area is 114 Å². The summed E-state index contributed by atoms with van der Waals surface area (Å²) < 4.78 is 32.7. The van der Waals surface area contributed by atoms with E-state index in [0.717, 1.165) is 5.56 Å². The van der Waals surface area contributed by atoms with Gasteiger partial charge < -0.3 is 14.0 Å². The average molecular weight is 287 g/mol. The predicted octanol–water partition coefficient (Wildman–Crippen LogP) is 3.25. The van der Waals surface area contributed by atoms with E-state index >= 15 is 0 Å². The van der Waals surface area contributed by atoms with Crippen LogP contribution in [0, 0.1) is 6.92 Å². The largest absolute Gasteiger partial charge is 0.468 e. The molecule has 0 heterocycles. The summed E-state index contributed by atoms with van der Waals surface area (Å²) in [6.45, 7) is 5.97. The Morgan fingerprint density at radius 1 is 1.21 bits per heavy atom. The quantitative estimate of drug-likeness (QED) is 0.396. The molecular formula is C13H20O5P+. The molecule has 1 rings (SSSR count). The Morgan fingerprint density at radius 3 is 2.42 bits per heavy atom. The molecule has 0 aromatic heterocycles. The molecule has 0 amide bonds. The normalized spacial score (nSPS) is 14.0. The van der Waals surface area contributed by atoms with Gasteiger partial charge in [-0.3, -0.25) is 9.09 Å². The van der Waals surface area contributed by atoms with Gasteiger partial charge in [-0.25, -0.2) is 0 Å². The third kappa shape index (κ3) is 5.66. The standard InChI is InChI=1S/C13H20O5P/c1-4-17-19(14,18-5-2)10-12-6-8-13(9-7-12)16-11-15-3/h6-9H,1,4-5,10-11H2,2-3H3/q+1. The molecule has 106 valence electrons. The Kier molecular flexibility index (Phi) is 6.95. The van der Waals surface area contributed by atoms with Crippen LogP contribution < -0.4 is 4.74 Å². The van der Waals surface area contributed by atoms with Gasteiger partial charge in [0.25, 0.3) is 0 Å². The van der Waals surface area contributed by atoms with Gasteiger partial charge >= 0.3 is 7.60 Å². The average Bonchev–Trinajstić information content (AvgIpc) is 2.38. The van der Waals surface area contributed by atoms with Gasteiger partial charge in [0.2, 0.25) is 0 Å². The fourth-order valence-electron chi connectivity index (χ4n) is 1.51. The van der Waals surface area contributed by atoms with Crippen molar-refractivity contribution in [3.8, 4) is 5.75 Å². The highest BCUT2D eigenvalue weighted by Crippen LogP contribution is 2.51. The zero-order chi connectivity index (χ0) is 14.1. The van der Waals surface area contributed by atoms with Crippen LogP contribution in [0.25, 0.3) is 0 Å². The minimum atomic E-state index is -3.11. The lowest BCUT2D eigenvalue weighted by atomic mass is 10.2. The molecule has 0 N–H and O–H groups in total. The maximum absolute atomic E-state index is 12.3. The van der Waals surface area contributed by atoms with Crippen LogP contribution >= 0.6 is 7.60 Å². The van der Waals surface area contributed by atoms with E-state index in [2.05, 4.69) is 6.92 Å². The third-order valence-corrected chi connectivity index (χ3v) is 4.24. The fourth-order valence-corrected chi connectivity index (χ4v) is 3.09. The monoisotopic (exact) mass is 287 g/mol. The van der Waals surface area contributed by atoms with Crippen LogP contribution in [-0.2, 0) is 24.5 Å². The fraction of sp³-hybridized carbons (Fsp3) is 0.462. The first kappa shape index (κ1) is 16.1. The number of benzene rings is 1. The van der Waals surface area contributed by atoms with Crippen molar-refractivity contribution in [3.63, 3.8) is 0 Å². The molecule has 1 unspecified atom stereocenters. The van der Waals surface area contributed by atoms with E-state index in [1.54, 1.807) is 26.2 Å². The first-order valence-electron chi connectivity index (χ1n) is 6.01. The van der Waals surface area contributed by atoms with E-state index in [0.29, 0.717) is 12.4 Å². The van der Waals surface area contributed by atoms with Crippen LogP contribution in [0.5, 0.6) is 5.75 Å². The van der Waals surface area contributed by atoms with Crippen LogP contribution in [-0.4, -0.2) is 27.1 Å². The predicted molar refractivity (Wildman–Crippen MR) is 73.2 cm³/mol. The smallest absolute Gasteiger partial charge is 0.338 e. The molecule has 0 aliphatic heterocycles. The minimum absolute atomic E-state index is 0.117. The zero-order valence-electron chi connectivity index (χ0n) is 11.3. The van der Waals surface area contributed by atoms with Crippen molar-refractivity contribution >= 4 is 7.60 Å². The maximum atomic E-state index is 12.3. The second kappa shape index (κ2) is 8.23. The molecule has 0 bridgehead atoms. The molecule has 0 aliphatic carbocycles. The summed E-state index contributed by atoms with van der Waals surface area (Å²) in [7, 11) is -1.55. The van der Waals surface area contributed by atoms with Gasteiger partial charge in [-0.1, -0.05) is 12.1 Å². The van der Waals surface area contributed by atoms with Gasteiger partial charge in [-0.15, -0.1) is 0 Å². The Bertz CT molecular complexity index is 394.